The smallest absolute Gasteiger partial charge is 0.0551 e. The van der Waals surface area contributed by atoms with Crippen molar-refractivity contribution >= 4 is 40.2 Å². The van der Waals surface area contributed by atoms with Crippen LogP contribution in [0.2, 0.25) is 5.02 Å². The van der Waals surface area contributed by atoms with Crippen LogP contribution >= 0.6 is 40.2 Å². The third kappa shape index (κ3) is 1.68. The highest BCUT2D eigenvalue weighted by Gasteiger charge is 1.99. The van der Waals surface area contributed by atoms with Crippen molar-refractivity contribution in [2.24, 2.45) is 0 Å². The van der Waals surface area contributed by atoms with E-state index in [1.54, 1.807) is 0 Å². The van der Waals surface area contributed by atoms with Crippen LogP contribution in [0.3, 0.4) is 0 Å². The summed E-state index contributed by atoms with van der Waals surface area (Å²) in [6, 6.07) is 5.75. The maximum atomic E-state index is 5.81. The largest absolute Gasteiger partial charge is 0.175 e. The molecule has 0 aliphatic rings. The molecule has 54 valence electrons. The van der Waals surface area contributed by atoms with E-state index in [4.69, 9.17) is 11.6 Å². The Labute approximate surface area is 79.1 Å². The van der Waals surface area contributed by atoms with Crippen LogP contribution in [-0.2, 0) is 5.75 Å². The van der Waals surface area contributed by atoms with Gasteiger partial charge in [0, 0.05) is 10.2 Å². The normalized spacial score (nSPS) is 9.90. The van der Waals surface area contributed by atoms with Gasteiger partial charge in [0.25, 0.3) is 0 Å². The number of rotatable bonds is 1. The van der Waals surface area contributed by atoms with E-state index in [1.807, 2.05) is 18.2 Å². The van der Waals surface area contributed by atoms with Crippen molar-refractivity contribution in [3.63, 3.8) is 0 Å². The summed E-state index contributed by atoms with van der Waals surface area (Å²) in [4.78, 5) is 0. The molecule has 0 amide bonds. The molecule has 0 bridgehead atoms. The molecule has 0 heterocycles. The van der Waals surface area contributed by atoms with Gasteiger partial charge in [-0.1, -0.05) is 23.7 Å². The number of thiol groups is 1. The van der Waals surface area contributed by atoms with Crippen molar-refractivity contribution in [3.8, 4) is 0 Å². The van der Waals surface area contributed by atoms with Crippen LogP contribution in [0.5, 0.6) is 0 Å². The zero-order valence-electron chi connectivity index (χ0n) is 5.14. The third-order valence-electron chi connectivity index (χ3n) is 1.20. The van der Waals surface area contributed by atoms with Gasteiger partial charge >= 0.3 is 0 Å². The van der Waals surface area contributed by atoms with E-state index in [-0.39, 0.29) is 0 Å². The molecule has 0 aliphatic heterocycles. The lowest BCUT2D eigenvalue weighted by atomic mass is 10.2. The van der Waals surface area contributed by atoms with Crippen molar-refractivity contribution < 1.29 is 0 Å². The third-order valence-corrected chi connectivity index (χ3v) is 3.02. The van der Waals surface area contributed by atoms with Gasteiger partial charge in [-0.25, -0.2) is 0 Å². The van der Waals surface area contributed by atoms with Crippen molar-refractivity contribution in [2.75, 3.05) is 0 Å². The van der Waals surface area contributed by atoms with Gasteiger partial charge in [0.2, 0.25) is 0 Å². The molecule has 0 saturated carbocycles. The van der Waals surface area contributed by atoms with Crippen molar-refractivity contribution in [3.05, 3.63) is 33.3 Å². The van der Waals surface area contributed by atoms with E-state index in [2.05, 4.69) is 28.6 Å². The number of halogens is 2. The van der Waals surface area contributed by atoms with Gasteiger partial charge in [-0.3, -0.25) is 0 Å². The Balaban J connectivity index is 3.14. The topological polar surface area (TPSA) is 0 Å². The summed E-state index contributed by atoms with van der Waals surface area (Å²) in [6.07, 6.45) is 0. The van der Waals surface area contributed by atoms with Gasteiger partial charge in [0.05, 0.1) is 5.02 Å². The van der Waals surface area contributed by atoms with E-state index in [0.29, 0.717) is 5.75 Å². The van der Waals surface area contributed by atoms with Crippen LogP contribution in [0.25, 0.3) is 0 Å². The first-order valence-corrected chi connectivity index (χ1v) is 4.60. The van der Waals surface area contributed by atoms with Gasteiger partial charge < -0.3 is 0 Å². The average molecular weight is 238 g/mol. The summed E-state index contributed by atoms with van der Waals surface area (Å²) in [6.45, 7) is 0. The first-order valence-electron chi connectivity index (χ1n) is 2.79. The lowest BCUT2D eigenvalue weighted by Crippen LogP contribution is -1.79. The second kappa shape index (κ2) is 3.65. The fraction of sp³-hybridized carbons (Fsp3) is 0.143. The first kappa shape index (κ1) is 8.44. The van der Waals surface area contributed by atoms with Gasteiger partial charge in [-0.15, -0.1) is 0 Å². The first-order chi connectivity index (χ1) is 4.75. The van der Waals surface area contributed by atoms with Crippen LogP contribution < -0.4 is 0 Å². The predicted octanol–water partition coefficient (Wildman–Crippen LogP) is 3.53. The predicted molar refractivity (Wildman–Crippen MR) is 51.8 cm³/mol. The van der Waals surface area contributed by atoms with Crippen molar-refractivity contribution in [1.82, 2.24) is 0 Å². The Bertz CT molecular complexity index is 237. The Morgan fingerprint density at radius 2 is 2.20 bits per heavy atom. The Hall–Kier alpha value is 0.340. The second-order valence-corrected chi connectivity index (χ2v) is 3.39. The van der Waals surface area contributed by atoms with E-state index >= 15 is 0 Å². The molecule has 0 spiro atoms. The summed E-state index contributed by atoms with van der Waals surface area (Å²) in [5, 5.41) is 0.742. The maximum Gasteiger partial charge on any atom is 0.0551 e. The molecule has 0 aliphatic carbocycles. The van der Waals surface area contributed by atoms with Gasteiger partial charge in [0.15, 0.2) is 0 Å². The van der Waals surface area contributed by atoms with Crippen molar-refractivity contribution in [1.29, 1.82) is 0 Å². The molecule has 1 rings (SSSR count). The zero-order chi connectivity index (χ0) is 7.56. The summed E-state index contributed by atoms with van der Waals surface area (Å²) >= 11 is 13.3. The molecule has 10 heavy (non-hydrogen) atoms. The summed E-state index contributed by atoms with van der Waals surface area (Å²) < 4.78 is 0.951. The van der Waals surface area contributed by atoms with E-state index < -0.39 is 0 Å². The molecule has 0 nitrogen and oxygen atoms in total. The minimum absolute atomic E-state index is 0.709. The number of hydrogen-bond donors (Lipinski definition) is 1. The number of hydrogen-bond acceptors (Lipinski definition) is 1. The van der Waals surface area contributed by atoms with Crippen LogP contribution in [0, 0.1) is 0 Å². The Morgan fingerprint density at radius 3 is 2.70 bits per heavy atom. The number of benzene rings is 1. The van der Waals surface area contributed by atoms with Crippen molar-refractivity contribution in [2.45, 2.75) is 5.75 Å². The Kier molecular flexibility index (Phi) is 3.08. The average Bonchev–Trinajstić information content (AvgIpc) is 1.95. The molecule has 0 aromatic heterocycles. The van der Waals surface area contributed by atoms with Crippen LogP contribution in [0.4, 0.5) is 0 Å². The van der Waals surface area contributed by atoms with Crippen LogP contribution in [0.15, 0.2) is 22.7 Å². The highest BCUT2D eigenvalue weighted by Crippen LogP contribution is 2.26. The van der Waals surface area contributed by atoms with Crippen LogP contribution in [-0.4, -0.2) is 0 Å². The quantitative estimate of drug-likeness (QED) is 0.710. The molecule has 0 N–H and O–H groups in total. The van der Waals surface area contributed by atoms with Gasteiger partial charge in [-0.05, 0) is 27.6 Å². The lowest BCUT2D eigenvalue weighted by molar-refractivity contribution is 1.39. The molecule has 0 fully saturated rings. The van der Waals surface area contributed by atoms with E-state index in [0.717, 1.165) is 15.1 Å². The molecule has 0 atom stereocenters. The summed E-state index contributed by atoms with van der Waals surface area (Å²) in [5.74, 6) is 0.709. The summed E-state index contributed by atoms with van der Waals surface area (Å²) in [7, 11) is 0. The molecular formula is C7H6BrClS. The fourth-order valence-electron chi connectivity index (χ4n) is 0.671. The molecule has 0 unspecified atom stereocenters. The minimum Gasteiger partial charge on any atom is -0.175 e. The van der Waals surface area contributed by atoms with Gasteiger partial charge in [-0.2, -0.15) is 12.6 Å². The molecule has 0 saturated heterocycles. The summed E-state index contributed by atoms with van der Waals surface area (Å²) in [5.41, 5.74) is 1.12. The molecule has 3 heteroatoms. The van der Waals surface area contributed by atoms with E-state index in [1.165, 1.54) is 0 Å². The Morgan fingerprint density at radius 1 is 1.50 bits per heavy atom. The molecular weight excluding hydrogens is 232 g/mol. The SMILES string of the molecule is SCc1cccc(Cl)c1Br. The fourth-order valence-corrected chi connectivity index (χ4v) is 1.75. The highest BCUT2D eigenvalue weighted by atomic mass is 79.9. The van der Waals surface area contributed by atoms with Crippen LogP contribution in [0.1, 0.15) is 5.56 Å². The monoisotopic (exact) mass is 236 g/mol. The van der Waals surface area contributed by atoms with E-state index in [9.17, 15) is 0 Å². The highest BCUT2D eigenvalue weighted by molar-refractivity contribution is 9.10. The maximum absolute atomic E-state index is 5.81. The zero-order valence-corrected chi connectivity index (χ0v) is 8.38. The second-order valence-electron chi connectivity index (χ2n) is 1.87. The molecule has 1 aromatic rings. The molecule has 1 aromatic carbocycles. The standard InChI is InChI=1S/C7H6BrClS/c8-7-5(4-10)2-1-3-6(7)9/h1-3,10H,4H2. The minimum atomic E-state index is 0.709. The molecule has 0 radical (unpaired) electrons. The van der Waals surface area contributed by atoms with Gasteiger partial charge in [0.1, 0.15) is 0 Å². The lowest BCUT2D eigenvalue weighted by Gasteiger charge is -2.00.